The molecule has 1 aromatic carbocycles. The summed E-state index contributed by atoms with van der Waals surface area (Å²) in [4.78, 5) is 11.2. The number of benzene rings is 1. The summed E-state index contributed by atoms with van der Waals surface area (Å²) in [6.07, 6.45) is 0.392. The number of carbonyl (C=O) groups excluding carboxylic acids is 1. The van der Waals surface area contributed by atoms with Gasteiger partial charge in [-0.15, -0.1) is 0 Å². The Morgan fingerprint density at radius 3 is 2.84 bits per heavy atom. The first-order valence-electron chi connectivity index (χ1n) is 5.99. The predicted octanol–water partition coefficient (Wildman–Crippen LogP) is 2.86. The highest BCUT2D eigenvalue weighted by molar-refractivity contribution is 7.80. The van der Waals surface area contributed by atoms with E-state index in [2.05, 4.69) is 17.2 Å². The van der Waals surface area contributed by atoms with Crippen LogP contribution in [-0.2, 0) is 4.79 Å². The van der Waals surface area contributed by atoms with Crippen LogP contribution in [0.5, 0.6) is 5.75 Å². The smallest absolute Gasteiger partial charge is 0.225 e. The highest BCUT2D eigenvalue weighted by atomic mass is 32.1. The molecule has 5 heteroatoms. The highest BCUT2D eigenvalue weighted by Gasteiger charge is 2.03. The van der Waals surface area contributed by atoms with Crippen LogP contribution in [0, 0.1) is 0 Å². The number of thiocarbonyl (C=S) groups is 1. The van der Waals surface area contributed by atoms with Crippen molar-refractivity contribution in [1.29, 1.82) is 0 Å². The second-order valence-electron chi connectivity index (χ2n) is 4.13. The number of nitrogens with one attached hydrogen (secondary N) is 2. The molecule has 0 heterocycles. The van der Waals surface area contributed by atoms with Gasteiger partial charge in [-0.3, -0.25) is 4.79 Å². The van der Waals surface area contributed by atoms with E-state index in [9.17, 15) is 4.79 Å². The van der Waals surface area contributed by atoms with E-state index >= 15 is 0 Å². The normalized spacial score (nSPS) is 9.58. The van der Waals surface area contributed by atoms with Crippen molar-refractivity contribution in [2.75, 3.05) is 11.9 Å². The van der Waals surface area contributed by atoms with Crippen molar-refractivity contribution < 1.29 is 9.53 Å². The van der Waals surface area contributed by atoms with Crippen LogP contribution in [0.2, 0.25) is 0 Å². The molecule has 0 unspecified atom stereocenters. The first-order chi connectivity index (χ1) is 9.01. The Kier molecular flexibility index (Phi) is 6.02. The van der Waals surface area contributed by atoms with Gasteiger partial charge in [0, 0.05) is 18.2 Å². The number of rotatable bonds is 5. The SMILES string of the molecule is C=C(C)COc1cccc(NC(=S)NC(=O)CC)c1. The molecule has 1 amide bonds. The van der Waals surface area contributed by atoms with Gasteiger partial charge in [0.15, 0.2) is 5.11 Å². The summed E-state index contributed by atoms with van der Waals surface area (Å²) in [7, 11) is 0. The molecule has 0 aliphatic rings. The fraction of sp³-hybridized carbons (Fsp3) is 0.286. The Hall–Kier alpha value is -1.88. The molecule has 1 rings (SSSR count). The molecule has 0 aliphatic heterocycles. The molecule has 0 bridgehead atoms. The average molecular weight is 278 g/mol. The van der Waals surface area contributed by atoms with Gasteiger partial charge in [0.2, 0.25) is 5.91 Å². The second-order valence-corrected chi connectivity index (χ2v) is 4.54. The van der Waals surface area contributed by atoms with E-state index in [4.69, 9.17) is 17.0 Å². The molecule has 0 saturated heterocycles. The maximum absolute atomic E-state index is 11.2. The molecular formula is C14H18N2O2S. The molecule has 1 aromatic rings. The Balaban J connectivity index is 2.58. The summed E-state index contributed by atoms with van der Waals surface area (Å²) in [6, 6.07) is 7.35. The lowest BCUT2D eigenvalue weighted by molar-refractivity contribution is -0.119. The van der Waals surface area contributed by atoms with Gasteiger partial charge in [-0.1, -0.05) is 19.6 Å². The van der Waals surface area contributed by atoms with Gasteiger partial charge in [-0.2, -0.15) is 0 Å². The number of hydrogen-bond donors (Lipinski definition) is 2. The van der Waals surface area contributed by atoms with Gasteiger partial charge in [0.05, 0.1) is 0 Å². The monoisotopic (exact) mass is 278 g/mol. The molecule has 0 atom stereocenters. The molecule has 0 fully saturated rings. The van der Waals surface area contributed by atoms with E-state index in [0.717, 1.165) is 17.0 Å². The van der Waals surface area contributed by atoms with E-state index in [0.29, 0.717) is 13.0 Å². The first-order valence-corrected chi connectivity index (χ1v) is 6.40. The van der Waals surface area contributed by atoms with Gasteiger partial charge in [0.25, 0.3) is 0 Å². The Labute approximate surface area is 118 Å². The van der Waals surface area contributed by atoms with E-state index in [1.807, 2.05) is 31.2 Å². The minimum Gasteiger partial charge on any atom is -0.489 e. The third-order valence-electron chi connectivity index (χ3n) is 2.15. The molecule has 4 nitrogen and oxygen atoms in total. The summed E-state index contributed by atoms with van der Waals surface area (Å²) < 4.78 is 5.52. The number of hydrogen-bond acceptors (Lipinski definition) is 3. The van der Waals surface area contributed by atoms with Crippen LogP contribution in [0.4, 0.5) is 5.69 Å². The van der Waals surface area contributed by atoms with E-state index in [1.54, 1.807) is 6.92 Å². The van der Waals surface area contributed by atoms with E-state index < -0.39 is 0 Å². The zero-order valence-electron chi connectivity index (χ0n) is 11.2. The summed E-state index contributed by atoms with van der Waals surface area (Å²) in [5, 5.41) is 5.79. The Bertz CT molecular complexity index is 486. The Morgan fingerprint density at radius 1 is 1.47 bits per heavy atom. The van der Waals surface area contributed by atoms with Crippen LogP contribution in [-0.4, -0.2) is 17.6 Å². The average Bonchev–Trinajstić information content (AvgIpc) is 2.36. The zero-order chi connectivity index (χ0) is 14.3. The molecule has 0 saturated carbocycles. The van der Waals surface area contributed by atoms with Crippen molar-refractivity contribution in [2.45, 2.75) is 20.3 Å². The van der Waals surface area contributed by atoms with Crippen molar-refractivity contribution >= 4 is 28.9 Å². The molecular weight excluding hydrogens is 260 g/mol. The molecule has 0 aromatic heterocycles. The largest absolute Gasteiger partial charge is 0.489 e. The second kappa shape index (κ2) is 7.53. The minimum atomic E-state index is -0.118. The summed E-state index contributed by atoms with van der Waals surface area (Å²) in [5.41, 5.74) is 1.71. The molecule has 0 aliphatic carbocycles. The minimum absolute atomic E-state index is 0.118. The van der Waals surface area contributed by atoms with Gasteiger partial charge in [0.1, 0.15) is 12.4 Å². The molecule has 2 N–H and O–H groups in total. The molecule has 0 spiro atoms. The molecule has 102 valence electrons. The van der Waals surface area contributed by atoms with E-state index in [1.165, 1.54) is 0 Å². The topological polar surface area (TPSA) is 50.4 Å². The maximum Gasteiger partial charge on any atom is 0.225 e. The van der Waals surface area contributed by atoms with Gasteiger partial charge in [-0.25, -0.2) is 0 Å². The number of ether oxygens (including phenoxy) is 1. The van der Waals surface area contributed by atoms with Crippen molar-refractivity contribution in [3.63, 3.8) is 0 Å². The standard InChI is InChI=1S/C14H18N2O2S/c1-4-13(17)16-14(19)15-11-6-5-7-12(8-11)18-9-10(2)3/h5-8H,2,4,9H2,1,3H3,(H2,15,16,17,19). The zero-order valence-corrected chi connectivity index (χ0v) is 12.0. The van der Waals surface area contributed by atoms with Crippen LogP contribution in [0.1, 0.15) is 20.3 Å². The summed E-state index contributed by atoms with van der Waals surface area (Å²) in [5.74, 6) is 0.602. The van der Waals surface area contributed by atoms with Crippen LogP contribution >= 0.6 is 12.2 Å². The van der Waals surface area contributed by atoms with Gasteiger partial charge >= 0.3 is 0 Å². The van der Waals surface area contributed by atoms with Crippen molar-refractivity contribution in [3.8, 4) is 5.75 Å². The maximum atomic E-state index is 11.2. The fourth-order valence-electron chi connectivity index (χ4n) is 1.25. The molecule has 0 radical (unpaired) electrons. The summed E-state index contributed by atoms with van der Waals surface area (Å²) >= 11 is 5.03. The summed E-state index contributed by atoms with van der Waals surface area (Å²) in [6.45, 7) is 7.92. The van der Waals surface area contributed by atoms with Gasteiger partial charge < -0.3 is 15.4 Å². The van der Waals surface area contributed by atoms with E-state index in [-0.39, 0.29) is 11.0 Å². The van der Waals surface area contributed by atoms with Crippen molar-refractivity contribution in [1.82, 2.24) is 5.32 Å². The lowest BCUT2D eigenvalue weighted by Gasteiger charge is -2.11. The van der Waals surface area contributed by atoms with Crippen molar-refractivity contribution in [3.05, 3.63) is 36.4 Å². The Morgan fingerprint density at radius 2 is 2.21 bits per heavy atom. The lowest BCUT2D eigenvalue weighted by Crippen LogP contribution is -2.33. The predicted molar refractivity (Wildman–Crippen MR) is 81.4 cm³/mol. The van der Waals surface area contributed by atoms with Crippen LogP contribution in [0.25, 0.3) is 0 Å². The third-order valence-corrected chi connectivity index (χ3v) is 2.36. The number of anilines is 1. The first kappa shape index (κ1) is 15.2. The van der Waals surface area contributed by atoms with Crippen LogP contribution in [0.3, 0.4) is 0 Å². The number of amides is 1. The van der Waals surface area contributed by atoms with Gasteiger partial charge in [-0.05, 0) is 36.8 Å². The van der Waals surface area contributed by atoms with Crippen LogP contribution in [0.15, 0.2) is 36.4 Å². The number of carbonyl (C=O) groups is 1. The lowest BCUT2D eigenvalue weighted by atomic mass is 10.3. The quantitative estimate of drug-likeness (QED) is 0.642. The highest BCUT2D eigenvalue weighted by Crippen LogP contribution is 2.17. The molecule has 19 heavy (non-hydrogen) atoms. The fourth-order valence-corrected chi connectivity index (χ4v) is 1.48. The third kappa shape index (κ3) is 6.01. The van der Waals surface area contributed by atoms with Crippen molar-refractivity contribution in [2.24, 2.45) is 0 Å². The van der Waals surface area contributed by atoms with Crippen LogP contribution < -0.4 is 15.4 Å².